The molecule has 78 valence electrons. The Hall–Kier alpha value is -1.13. The van der Waals surface area contributed by atoms with Crippen LogP contribution in [0.3, 0.4) is 0 Å². The Labute approximate surface area is 97.2 Å². The van der Waals surface area contributed by atoms with Gasteiger partial charge < -0.3 is 5.32 Å². The molecule has 2 rings (SSSR count). The number of aryl methyl sites for hydroxylation is 1. The van der Waals surface area contributed by atoms with Gasteiger partial charge in [-0.25, -0.2) is 9.97 Å². The largest absolute Gasteiger partial charge is 0.362 e. The van der Waals surface area contributed by atoms with Crippen molar-refractivity contribution in [3.8, 4) is 0 Å². The van der Waals surface area contributed by atoms with Gasteiger partial charge in [-0.1, -0.05) is 11.6 Å². The number of anilines is 1. The number of thiazole rings is 1. The molecule has 2 aromatic rings. The zero-order chi connectivity index (χ0) is 10.7. The molecular weight excluding hydrogens is 230 g/mol. The molecule has 0 radical (unpaired) electrons. The molecule has 0 aliphatic rings. The number of aromatic nitrogens is 2. The molecule has 0 saturated heterocycles. The van der Waals surface area contributed by atoms with Crippen LogP contribution >= 0.6 is 22.9 Å². The molecule has 2 aromatic heterocycles. The Bertz CT molecular complexity index is 455. The molecule has 0 saturated carbocycles. The number of halogens is 1. The van der Waals surface area contributed by atoms with E-state index in [1.807, 2.05) is 19.2 Å². The van der Waals surface area contributed by atoms with Crippen molar-refractivity contribution in [2.75, 3.05) is 5.32 Å². The van der Waals surface area contributed by atoms with E-state index >= 15 is 0 Å². The summed E-state index contributed by atoms with van der Waals surface area (Å²) in [6.07, 6.45) is 3.57. The van der Waals surface area contributed by atoms with Crippen molar-refractivity contribution in [2.45, 2.75) is 13.5 Å². The van der Waals surface area contributed by atoms with E-state index in [1.54, 1.807) is 23.6 Å². The zero-order valence-electron chi connectivity index (χ0n) is 8.20. The van der Waals surface area contributed by atoms with Gasteiger partial charge in [-0.3, -0.25) is 0 Å². The number of hydrogen-bond acceptors (Lipinski definition) is 4. The van der Waals surface area contributed by atoms with Gasteiger partial charge in [-0.15, -0.1) is 11.3 Å². The standard InChI is InChI=1S/C10H10ClN3S/c1-7-5-13-9(15-7)6-14-10-8(11)3-2-4-12-10/h2-5H,6H2,1H3,(H,12,14). The second kappa shape index (κ2) is 4.59. The van der Waals surface area contributed by atoms with E-state index < -0.39 is 0 Å². The number of rotatable bonds is 3. The third-order valence-electron chi connectivity index (χ3n) is 1.83. The number of hydrogen-bond donors (Lipinski definition) is 1. The van der Waals surface area contributed by atoms with Gasteiger partial charge in [0.2, 0.25) is 0 Å². The zero-order valence-corrected chi connectivity index (χ0v) is 9.77. The quantitative estimate of drug-likeness (QED) is 0.895. The Morgan fingerprint density at radius 2 is 2.33 bits per heavy atom. The van der Waals surface area contributed by atoms with E-state index in [0.717, 1.165) is 5.01 Å². The summed E-state index contributed by atoms with van der Waals surface area (Å²) in [7, 11) is 0. The molecule has 0 aliphatic heterocycles. The van der Waals surface area contributed by atoms with Gasteiger partial charge in [0.1, 0.15) is 10.8 Å². The normalized spacial score (nSPS) is 10.3. The third-order valence-corrected chi connectivity index (χ3v) is 3.05. The van der Waals surface area contributed by atoms with Crippen LogP contribution in [0.2, 0.25) is 5.02 Å². The van der Waals surface area contributed by atoms with Crippen LogP contribution in [-0.2, 0) is 6.54 Å². The maximum absolute atomic E-state index is 5.95. The molecule has 0 bridgehead atoms. The van der Waals surface area contributed by atoms with Crippen LogP contribution in [-0.4, -0.2) is 9.97 Å². The Morgan fingerprint density at radius 3 is 3.00 bits per heavy atom. The van der Waals surface area contributed by atoms with Crippen molar-refractivity contribution in [3.05, 3.63) is 39.4 Å². The fourth-order valence-electron chi connectivity index (χ4n) is 1.16. The van der Waals surface area contributed by atoms with Gasteiger partial charge in [-0.2, -0.15) is 0 Å². The lowest BCUT2D eigenvalue weighted by molar-refractivity contribution is 1.08. The molecule has 5 heteroatoms. The molecule has 0 spiro atoms. The molecule has 0 amide bonds. The van der Waals surface area contributed by atoms with Gasteiger partial charge in [0.05, 0.1) is 11.6 Å². The molecule has 0 unspecified atom stereocenters. The molecule has 0 atom stereocenters. The molecule has 0 aliphatic carbocycles. The van der Waals surface area contributed by atoms with Gasteiger partial charge in [-0.05, 0) is 19.1 Å². The summed E-state index contributed by atoms with van der Waals surface area (Å²) < 4.78 is 0. The molecule has 15 heavy (non-hydrogen) atoms. The van der Waals surface area contributed by atoms with Crippen LogP contribution in [0.25, 0.3) is 0 Å². The summed E-state index contributed by atoms with van der Waals surface area (Å²) >= 11 is 7.62. The van der Waals surface area contributed by atoms with E-state index in [1.165, 1.54) is 4.88 Å². The van der Waals surface area contributed by atoms with E-state index in [-0.39, 0.29) is 0 Å². The van der Waals surface area contributed by atoms with Crippen LogP contribution in [0.5, 0.6) is 0 Å². The molecule has 0 fully saturated rings. The minimum absolute atomic E-state index is 0.630. The lowest BCUT2D eigenvalue weighted by Crippen LogP contribution is -2.00. The van der Waals surface area contributed by atoms with Crippen molar-refractivity contribution in [2.24, 2.45) is 0 Å². The van der Waals surface area contributed by atoms with Crippen LogP contribution in [0.1, 0.15) is 9.88 Å². The van der Waals surface area contributed by atoms with Crippen LogP contribution < -0.4 is 5.32 Å². The highest BCUT2D eigenvalue weighted by Crippen LogP contribution is 2.19. The minimum Gasteiger partial charge on any atom is -0.362 e. The smallest absolute Gasteiger partial charge is 0.145 e. The highest BCUT2D eigenvalue weighted by Gasteiger charge is 2.02. The average molecular weight is 240 g/mol. The van der Waals surface area contributed by atoms with Gasteiger partial charge >= 0.3 is 0 Å². The SMILES string of the molecule is Cc1cnc(CNc2ncccc2Cl)s1. The first-order chi connectivity index (χ1) is 7.25. The summed E-state index contributed by atoms with van der Waals surface area (Å²) in [5.74, 6) is 0.701. The fraction of sp³-hybridized carbons (Fsp3) is 0.200. The van der Waals surface area contributed by atoms with Crippen LogP contribution in [0.4, 0.5) is 5.82 Å². The summed E-state index contributed by atoms with van der Waals surface area (Å²) in [5.41, 5.74) is 0. The summed E-state index contributed by atoms with van der Waals surface area (Å²) in [4.78, 5) is 9.59. The Morgan fingerprint density at radius 1 is 1.47 bits per heavy atom. The maximum Gasteiger partial charge on any atom is 0.145 e. The third kappa shape index (κ3) is 2.67. The van der Waals surface area contributed by atoms with Crippen molar-refractivity contribution in [3.63, 3.8) is 0 Å². The first-order valence-corrected chi connectivity index (χ1v) is 5.71. The number of nitrogens with one attached hydrogen (secondary N) is 1. The predicted molar refractivity (Wildman–Crippen MR) is 63.4 cm³/mol. The van der Waals surface area contributed by atoms with Gasteiger partial charge in [0.25, 0.3) is 0 Å². The van der Waals surface area contributed by atoms with E-state index in [0.29, 0.717) is 17.4 Å². The predicted octanol–water partition coefficient (Wildman–Crippen LogP) is 3.11. The average Bonchev–Trinajstić information content (AvgIpc) is 2.63. The molecule has 1 N–H and O–H groups in total. The van der Waals surface area contributed by atoms with Crippen LogP contribution in [0, 0.1) is 6.92 Å². The van der Waals surface area contributed by atoms with Crippen LogP contribution in [0.15, 0.2) is 24.5 Å². The summed E-state index contributed by atoms with van der Waals surface area (Å²) in [5, 5.41) is 4.81. The number of nitrogens with zero attached hydrogens (tertiary/aromatic N) is 2. The van der Waals surface area contributed by atoms with Crippen molar-refractivity contribution >= 4 is 28.8 Å². The fourth-order valence-corrected chi connectivity index (χ4v) is 2.07. The highest BCUT2D eigenvalue weighted by molar-refractivity contribution is 7.11. The maximum atomic E-state index is 5.95. The summed E-state index contributed by atoms with van der Waals surface area (Å²) in [6.45, 7) is 2.70. The second-order valence-corrected chi connectivity index (χ2v) is 4.78. The number of pyridine rings is 1. The lowest BCUT2D eigenvalue weighted by Gasteiger charge is -2.04. The Kier molecular flexibility index (Phi) is 3.18. The van der Waals surface area contributed by atoms with Gasteiger partial charge in [0, 0.05) is 17.3 Å². The monoisotopic (exact) mass is 239 g/mol. The molecule has 3 nitrogen and oxygen atoms in total. The second-order valence-electron chi connectivity index (χ2n) is 3.05. The molecule has 0 aromatic carbocycles. The topological polar surface area (TPSA) is 37.8 Å². The van der Waals surface area contributed by atoms with Gasteiger partial charge in [0.15, 0.2) is 0 Å². The first kappa shape index (κ1) is 10.4. The van der Waals surface area contributed by atoms with Crippen molar-refractivity contribution < 1.29 is 0 Å². The summed E-state index contributed by atoms with van der Waals surface area (Å²) in [6, 6.07) is 3.62. The van der Waals surface area contributed by atoms with Crippen molar-refractivity contribution in [1.82, 2.24) is 9.97 Å². The van der Waals surface area contributed by atoms with E-state index in [9.17, 15) is 0 Å². The first-order valence-electron chi connectivity index (χ1n) is 4.51. The van der Waals surface area contributed by atoms with E-state index in [4.69, 9.17) is 11.6 Å². The minimum atomic E-state index is 0.630. The lowest BCUT2D eigenvalue weighted by atomic mass is 10.4. The highest BCUT2D eigenvalue weighted by atomic mass is 35.5. The van der Waals surface area contributed by atoms with Crippen molar-refractivity contribution in [1.29, 1.82) is 0 Å². The molecular formula is C10H10ClN3S. The Balaban J connectivity index is 2.02. The molecule has 2 heterocycles. The van der Waals surface area contributed by atoms with E-state index in [2.05, 4.69) is 15.3 Å².